The van der Waals surface area contributed by atoms with Gasteiger partial charge >= 0.3 is 0 Å². The number of amides is 2. The summed E-state index contributed by atoms with van der Waals surface area (Å²) in [6.07, 6.45) is 0.659. The van der Waals surface area contributed by atoms with E-state index in [1.165, 1.54) is 6.92 Å². The van der Waals surface area contributed by atoms with E-state index in [2.05, 4.69) is 10.6 Å². The number of carbonyl (C=O) groups is 2. The molecule has 104 valence electrons. The number of hydrogen-bond donors (Lipinski definition) is 3. The van der Waals surface area contributed by atoms with Gasteiger partial charge in [-0.2, -0.15) is 0 Å². The molecule has 1 atom stereocenters. The molecule has 0 aromatic heterocycles. The lowest BCUT2D eigenvalue weighted by Gasteiger charge is -2.11. The van der Waals surface area contributed by atoms with E-state index in [4.69, 9.17) is 5.11 Å². The van der Waals surface area contributed by atoms with Gasteiger partial charge in [-0.15, -0.1) is 0 Å². The zero-order chi connectivity index (χ0) is 14.3. The van der Waals surface area contributed by atoms with Crippen LogP contribution in [0.1, 0.15) is 30.6 Å². The van der Waals surface area contributed by atoms with Gasteiger partial charge in [0.1, 0.15) is 0 Å². The molecule has 1 rings (SSSR count). The predicted octanol–water partition coefficient (Wildman–Crippen LogP) is 1.39. The molecule has 0 fully saturated rings. The Morgan fingerprint density at radius 3 is 2.74 bits per heavy atom. The van der Waals surface area contributed by atoms with Crippen molar-refractivity contribution in [3.8, 4) is 0 Å². The first-order valence-corrected chi connectivity index (χ1v) is 6.29. The minimum atomic E-state index is -0.183. The third-order valence-electron chi connectivity index (χ3n) is 2.68. The molecule has 19 heavy (non-hydrogen) atoms. The topological polar surface area (TPSA) is 78.4 Å². The number of benzene rings is 1. The van der Waals surface area contributed by atoms with Crippen LogP contribution in [0.2, 0.25) is 0 Å². The minimum absolute atomic E-state index is 0.120. The second-order valence-corrected chi connectivity index (χ2v) is 4.59. The Balaban J connectivity index is 2.59. The maximum Gasteiger partial charge on any atom is 0.251 e. The highest BCUT2D eigenvalue weighted by Crippen LogP contribution is 2.10. The summed E-state index contributed by atoms with van der Waals surface area (Å²) in [6.45, 7) is 4.02. The van der Waals surface area contributed by atoms with Gasteiger partial charge in [0.05, 0.1) is 0 Å². The van der Waals surface area contributed by atoms with E-state index >= 15 is 0 Å². The molecule has 3 N–H and O–H groups in total. The van der Waals surface area contributed by atoms with Crippen LogP contribution in [-0.2, 0) is 4.79 Å². The van der Waals surface area contributed by atoms with Crippen molar-refractivity contribution in [2.75, 3.05) is 18.5 Å². The molecule has 0 radical (unpaired) electrons. The van der Waals surface area contributed by atoms with E-state index in [1.54, 1.807) is 24.3 Å². The summed E-state index contributed by atoms with van der Waals surface area (Å²) in [5.74, 6) is -0.126. The molecular weight excluding hydrogens is 244 g/mol. The molecule has 2 amide bonds. The molecule has 0 saturated heterocycles. The van der Waals surface area contributed by atoms with E-state index < -0.39 is 0 Å². The Bertz CT molecular complexity index is 446. The maximum absolute atomic E-state index is 11.9. The fourth-order valence-corrected chi connectivity index (χ4v) is 1.63. The van der Waals surface area contributed by atoms with Crippen molar-refractivity contribution < 1.29 is 14.7 Å². The number of hydrogen-bond acceptors (Lipinski definition) is 3. The van der Waals surface area contributed by atoms with Crippen molar-refractivity contribution in [2.45, 2.75) is 20.3 Å². The van der Waals surface area contributed by atoms with Gasteiger partial charge in [-0.25, -0.2) is 0 Å². The Morgan fingerprint density at radius 1 is 1.37 bits per heavy atom. The summed E-state index contributed by atoms with van der Waals surface area (Å²) in [4.78, 5) is 22.9. The molecule has 5 nitrogen and oxygen atoms in total. The number of rotatable bonds is 6. The monoisotopic (exact) mass is 264 g/mol. The van der Waals surface area contributed by atoms with Crippen molar-refractivity contribution in [1.29, 1.82) is 0 Å². The van der Waals surface area contributed by atoms with E-state index in [-0.39, 0.29) is 24.3 Å². The smallest absolute Gasteiger partial charge is 0.251 e. The SMILES string of the molecule is CC(=O)Nc1cccc(C(=O)NCC(C)CCO)c1. The zero-order valence-electron chi connectivity index (χ0n) is 11.3. The van der Waals surface area contributed by atoms with E-state index in [0.717, 1.165) is 0 Å². The van der Waals surface area contributed by atoms with Crippen molar-refractivity contribution in [3.05, 3.63) is 29.8 Å². The Labute approximate surface area is 113 Å². The summed E-state index contributed by atoms with van der Waals surface area (Å²) in [5.41, 5.74) is 1.10. The molecule has 0 aliphatic rings. The van der Waals surface area contributed by atoms with Gasteiger partial charge in [-0.3, -0.25) is 9.59 Å². The zero-order valence-corrected chi connectivity index (χ0v) is 11.3. The lowest BCUT2D eigenvalue weighted by Crippen LogP contribution is -2.28. The summed E-state index contributed by atoms with van der Waals surface area (Å²) in [7, 11) is 0. The average molecular weight is 264 g/mol. The summed E-state index contributed by atoms with van der Waals surface area (Å²) < 4.78 is 0. The molecule has 0 saturated carbocycles. The largest absolute Gasteiger partial charge is 0.396 e. The fraction of sp³-hybridized carbons (Fsp3) is 0.429. The van der Waals surface area contributed by atoms with Crippen LogP contribution in [-0.4, -0.2) is 30.1 Å². The van der Waals surface area contributed by atoms with Crippen molar-refractivity contribution >= 4 is 17.5 Å². The number of aliphatic hydroxyl groups is 1. The van der Waals surface area contributed by atoms with Gasteiger partial charge in [0, 0.05) is 31.3 Å². The van der Waals surface area contributed by atoms with Crippen LogP contribution in [0.3, 0.4) is 0 Å². The van der Waals surface area contributed by atoms with Crippen LogP contribution >= 0.6 is 0 Å². The first-order valence-electron chi connectivity index (χ1n) is 6.29. The molecule has 0 heterocycles. The van der Waals surface area contributed by atoms with Gasteiger partial charge in [-0.1, -0.05) is 13.0 Å². The second-order valence-electron chi connectivity index (χ2n) is 4.59. The Kier molecular flexibility index (Phi) is 6.02. The van der Waals surface area contributed by atoms with Crippen LogP contribution in [0.15, 0.2) is 24.3 Å². The molecule has 5 heteroatoms. The highest BCUT2D eigenvalue weighted by atomic mass is 16.3. The third-order valence-corrected chi connectivity index (χ3v) is 2.68. The fourth-order valence-electron chi connectivity index (χ4n) is 1.63. The standard InChI is InChI=1S/C14H20N2O3/c1-10(6-7-17)9-15-14(19)12-4-3-5-13(8-12)16-11(2)18/h3-5,8,10,17H,6-7,9H2,1-2H3,(H,15,19)(H,16,18). The average Bonchev–Trinajstić information content (AvgIpc) is 2.36. The minimum Gasteiger partial charge on any atom is -0.396 e. The van der Waals surface area contributed by atoms with Gasteiger partial charge in [0.25, 0.3) is 5.91 Å². The molecule has 1 aromatic carbocycles. The van der Waals surface area contributed by atoms with Crippen LogP contribution in [0.4, 0.5) is 5.69 Å². The quantitative estimate of drug-likeness (QED) is 0.726. The molecule has 0 aliphatic heterocycles. The van der Waals surface area contributed by atoms with Crippen LogP contribution in [0.5, 0.6) is 0 Å². The number of aliphatic hydroxyl groups excluding tert-OH is 1. The number of carbonyl (C=O) groups excluding carboxylic acids is 2. The van der Waals surface area contributed by atoms with E-state index in [1.807, 2.05) is 6.92 Å². The van der Waals surface area contributed by atoms with Crippen molar-refractivity contribution in [1.82, 2.24) is 5.32 Å². The third kappa shape index (κ3) is 5.52. The maximum atomic E-state index is 11.9. The van der Waals surface area contributed by atoms with E-state index in [9.17, 15) is 9.59 Å². The van der Waals surface area contributed by atoms with Gasteiger partial charge in [-0.05, 0) is 30.5 Å². The van der Waals surface area contributed by atoms with Crippen molar-refractivity contribution in [2.24, 2.45) is 5.92 Å². The normalized spacial score (nSPS) is 11.7. The molecule has 1 unspecified atom stereocenters. The molecule has 0 bridgehead atoms. The molecule has 0 aliphatic carbocycles. The molecule has 1 aromatic rings. The van der Waals surface area contributed by atoms with E-state index in [0.29, 0.717) is 24.2 Å². The van der Waals surface area contributed by atoms with Crippen LogP contribution < -0.4 is 10.6 Å². The highest BCUT2D eigenvalue weighted by molar-refractivity contribution is 5.96. The first-order chi connectivity index (χ1) is 9.02. The summed E-state index contributed by atoms with van der Waals surface area (Å²) in [5, 5.41) is 14.2. The highest BCUT2D eigenvalue weighted by Gasteiger charge is 2.08. The predicted molar refractivity (Wildman–Crippen MR) is 73.9 cm³/mol. The van der Waals surface area contributed by atoms with Crippen molar-refractivity contribution in [3.63, 3.8) is 0 Å². The Morgan fingerprint density at radius 2 is 2.11 bits per heavy atom. The first kappa shape index (κ1) is 15.2. The molecule has 0 spiro atoms. The van der Waals surface area contributed by atoms with Crippen LogP contribution in [0.25, 0.3) is 0 Å². The summed E-state index contributed by atoms with van der Waals surface area (Å²) in [6, 6.07) is 6.77. The number of nitrogens with one attached hydrogen (secondary N) is 2. The number of anilines is 1. The van der Waals surface area contributed by atoms with Crippen LogP contribution in [0, 0.1) is 5.92 Å². The second kappa shape index (κ2) is 7.53. The van der Waals surface area contributed by atoms with Gasteiger partial charge in [0.2, 0.25) is 5.91 Å². The Hall–Kier alpha value is -1.88. The van der Waals surface area contributed by atoms with Gasteiger partial charge < -0.3 is 15.7 Å². The van der Waals surface area contributed by atoms with Gasteiger partial charge in [0.15, 0.2) is 0 Å². The lowest BCUT2D eigenvalue weighted by atomic mass is 10.1. The summed E-state index contributed by atoms with van der Waals surface area (Å²) >= 11 is 0. The lowest BCUT2D eigenvalue weighted by molar-refractivity contribution is -0.114. The molecular formula is C14H20N2O3.